The van der Waals surface area contributed by atoms with Crippen LogP contribution in [0.4, 0.5) is 0 Å². The maximum Gasteiger partial charge on any atom is 0.253 e. The van der Waals surface area contributed by atoms with E-state index >= 15 is 0 Å². The van der Waals surface area contributed by atoms with Gasteiger partial charge in [-0.15, -0.1) is 0 Å². The van der Waals surface area contributed by atoms with Crippen molar-refractivity contribution in [1.29, 1.82) is 0 Å². The Balaban J connectivity index is 1.11. The summed E-state index contributed by atoms with van der Waals surface area (Å²) in [6, 6.07) is 19.7. The summed E-state index contributed by atoms with van der Waals surface area (Å²) in [6.07, 6.45) is 20.9. The Morgan fingerprint density at radius 1 is 1.00 bits per heavy atom. The van der Waals surface area contributed by atoms with Gasteiger partial charge in [0.25, 0.3) is 11.8 Å². The van der Waals surface area contributed by atoms with Crippen molar-refractivity contribution in [3.63, 3.8) is 0 Å². The van der Waals surface area contributed by atoms with Crippen LogP contribution in [-0.4, -0.2) is 70.3 Å². The summed E-state index contributed by atoms with van der Waals surface area (Å²) >= 11 is 0. The number of hydrogen-bond donors (Lipinski definition) is 2. The van der Waals surface area contributed by atoms with E-state index in [1.807, 2.05) is 72.5 Å². The highest BCUT2D eigenvalue weighted by molar-refractivity contribution is 5.95. The molecule has 3 aromatic rings. The topological polar surface area (TPSA) is 95.0 Å². The van der Waals surface area contributed by atoms with Crippen LogP contribution in [0.25, 0.3) is 17.2 Å². The second-order valence-corrected chi connectivity index (χ2v) is 14.1. The van der Waals surface area contributed by atoms with Gasteiger partial charge in [-0.25, -0.2) is 0 Å². The van der Waals surface area contributed by atoms with Crippen LogP contribution in [0.15, 0.2) is 103 Å². The number of piperidine rings is 2. The summed E-state index contributed by atoms with van der Waals surface area (Å²) in [6.45, 7) is 6.51. The van der Waals surface area contributed by atoms with Crippen LogP contribution in [0.2, 0.25) is 0 Å². The van der Waals surface area contributed by atoms with Crippen LogP contribution >= 0.6 is 0 Å². The third-order valence-electron chi connectivity index (χ3n) is 10.5. The highest BCUT2D eigenvalue weighted by Crippen LogP contribution is 2.29. The van der Waals surface area contributed by atoms with Crippen molar-refractivity contribution in [3.05, 3.63) is 120 Å². The fourth-order valence-corrected chi connectivity index (χ4v) is 7.52. The van der Waals surface area contributed by atoms with Gasteiger partial charge in [0.1, 0.15) is 0 Å². The molecule has 2 saturated heterocycles. The third-order valence-corrected chi connectivity index (χ3v) is 10.5. The first-order valence-corrected chi connectivity index (χ1v) is 18.7. The number of allylic oxidation sites excluding steroid dienone is 1. The van der Waals surface area contributed by atoms with Crippen LogP contribution in [0.3, 0.4) is 0 Å². The largest absolute Gasteiger partial charge is 0.362 e. The van der Waals surface area contributed by atoms with Gasteiger partial charge in [-0.2, -0.15) is 0 Å². The standard InChI is InChI=1S/C43H52N4O4/c1-2-51-43(50)22-16-40(17-23-43)47(41(48)15-14-35-10-6-24-45-31-35)32-36-9-4-11-37(29-36)38-12-5-13-39(30-38)42(49)46-27-20-34(21-28-46)8-3-7-33-18-25-44-26-19-33/h4-6,9-17,22,24,29-31,33-34,44,50H,2-3,7-8,18-21,23,25-28,32H2,1H3. The molecule has 3 heterocycles. The van der Waals surface area contributed by atoms with Crippen molar-refractivity contribution >= 4 is 17.9 Å². The summed E-state index contributed by atoms with van der Waals surface area (Å²) < 4.78 is 5.52. The Morgan fingerprint density at radius 3 is 2.45 bits per heavy atom. The van der Waals surface area contributed by atoms with Gasteiger partial charge in [0.05, 0.1) is 6.54 Å². The van der Waals surface area contributed by atoms with Crippen molar-refractivity contribution in [2.75, 3.05) is 32.8 Å². The van der Waals surface area contributed by atoms with Crippen LogP contribution < -0.4 is 5.32 Å². The minimum Gasteiger partial charge on any atom is -0.362 e. The second kappa shape index (κ2) is 17.7. The molecule has 1 unspecified atom stereocenters. The normalized spacial score (nSPS) is 20.0. The molecule has 0 saturated carbocycles. The number of nitrogens with one attached hydrogen (secondary N) is 1. The summed E-state index contributed by atoms with van der Waals surface area (Å²) in [4.78, 5) is 35.2. The maximum absolute atomic E-state index is 13.7. The van der Waals surface area contributed by atoms with Gasteiger partial charge in [-0.3, -0.25) is 14.6 Å². The number of aliphatic hydroxyl groups is 1. The molecule has 268 valence electrons. The van der Waals surface area contributed by atoms with Crippen molar-refractivity contribution in [1.82, 2.24) is 20.1 Å². The van der Waals surface area contributed by atoms with Crippen molar-refractivity contribution in [3.8, 4) is 11.1 Å². The van der Waals surface area contributed by atoms with E-state index < -0.39 is 5.79 Å². The van der Waals surface area contributed by atoms with E-state index in [1.165, 1.54) is 45.2 Å². The highest BCUT2D eigenvalue weighted by Gasteiger charge is 2.28. The van der Waals surface area contributed by atoms with E-state index in [9.17, 15) is 14.7 Å². The number of benzene rings is 2. The minimum atomic E-state index is -1.39. The number of likely N-dealkylation sites (tertiary alicyclic amines) is 1. The summed E-state index contributed by atoms with van der Waals surface area (Å²) in [5, 5.41) is 14.2. The molecule has 1 atom stereocenters. The number of nitrogens with zero attached hydrogens (tertiary/aromatic N) is 3. The quantitative estimate of drug-likeness (QED) is 0.144. The molecule has 8 heteroatoms. The third kappa shape index (κ3) is 10.1. The van der Waals surface area contributed by atoms with Crippen molar-refractivity contribution in [2.24, 2.45) is 11.8 Å². The lowest BCUT2D eigenvalue weighted by molar-refractivity contribution is -0.161. The number of ether oxygens (including phenoxy) is 1. The molecule has 1 aliphatic carbocycles. The molecule has 3 aliphatic rings. The Morgan fingerprint density at radius 2 is 1.75 bits per heavy atom. The Hall–Kier alpha value is -4.37. The number of rotatable bonds is 13. The molecule has 2 N–H and O–H groups in total. The van der Waals surface area contributed by atoms with E-state index in [-0.39, 0.29) is 18.2 Å². The number of amides is 2. The van der Waals surface area contributed by atoms with Gasteiger partial charge >= 0.3 is 0 Å². The molecule has 51 heavy (non-hydrogen) atoms. The van der Waals surface area contributed by atoms with Crippen LogP contribution in [0.1, 0.15) is 79.8 Å². The molecule has 8 nitrogen and oxygen atoms in total. The molecule has 2 fully saturated rings. The Bertz CT molecular complexity index is 1710. The molecular formula is C43H52N4O4. The maximum atomic E-state index is 13.7. The minimum absolute atomic E-state index is 0.0985. The van der Waals surface area contributed by atoms with Crippen LogP contribution in [0, 0.1) is 11.8 Å². The molecular weight excluding hydrogens is 636 g/mol. The number of carbonyl (C=O) groups excluding carboxylic acids is 2. The SMILES string of the molecule is CCOC1(O)C=CC(N(Cc2cccc(-c3cccc(C(=O)N4CCC(CCCC5CCNCC5)CC4)c3)c2)C(=O)C=Cc2cccnc2)=CC1. The molecule has 0 bridgehead atoms. The summed E-state index contributed by atoms with van der Waals surface area (Å²) in [7, 11) is 0. The van der Waals surface area contributed by atoms with Crippen molar-refractivity contribution < 1.29 is 19.4 Å². The van der Waals surface area contributed by atoms with E-state index in [0.717, 1.165) is 60.0 Å². The molecule has 0 radical (unpaired) electrons. The molecule has 2 aromatic carbocycles. The monoisotopic (exact) mass is 688 g/mol. The van der Waals surface area contributed by atoms with Crippen molar-refractivity contribution in [2.45, 2.75) is 70.6 Å². The Labute approximate surface area is 302 Å². The predicted molar refractivity (Wildman–Crippen MR) is 202 cm³/mol. The zero-order valence-corrected chi connectivity index (χ0v) is 29.9. The zero-order chi connectivity index (χ0) is 35.5. The number of pyridine rings is 1. The highest BCUT2D eigenvalue weighted by atomic mass is 16.6. The lowest BCUT2D eigenvalue weighted by Gasteiger charge is -2.32. The van der Waals surface area contributed by atoms with E-state index in [2.05, 4.69) is 16.4 Å². The van der Waals surface area contributed by atoms with Gasteiger partial charge in [0.15, 0.2) is 5.79 Å². The van der Waals surface area contributed by atoms with E-state index in [1.54, 1.807) is 41.6 Å². The molecule has 1 aromatic heterocycles. The average molecular weight is 689 g/mol. The van der Waals surface area contributed by atoms with Gasteiger partial charge < -0.3 is 25.0 Å². The summed E-state index contributed by atoms with van der Waals surface area (Å²) in [5.41, 5.74) is 5.10. The van der Waals surface area contributed by atoms with E-state index in [0.29, 0.717) is 24.4 Å². The fraction of sp³-hybridized carbons (Fsp3) is 0.419. The number of hydrogen-bond acceptors (Lipinski definition) is 6. The lowest BCUT2D eigenvalue weighted by atomic mass is 9.87. The Kier molecular flexibility index (Phi) is 12.7. The van der Waals surface area contributed by atoms with Gasteiger partial charge in [-0.05, 0) is 122 Å². The predicted octanol–water partition coefficient (Wildman–Crippen LogP) is 7.38. The zero-order valence-electron chi connectivity index (χ0n) is 29.9. The average Bonchev–Trinajstić information content (AvgIpc) is 3.17. The molecule has 2 aliphatic heterocycles. The van der Waals surface area contributed by atoms with E-state index in [4.69, 9.17) is 4.74 Å². The molecule has 0 spiro atoms. The molecule has 6 rings (SSSR count). The van der Waals surface area contributed by atoms with Crippen LogP contribution in [0.5, 0.6) is 0 Å². The van der Waals surface area contributed by atoms with Gasteiger partial charge in [0.2, 0.25) is 0 Å². The van der Waals surface area contributed by atoms with Crippen LogP contribution in [-0.2, 0) is 16.1 Å². The summed E-state index contributed by atoms with van der Waals surface area (Å²) in [5.74, 6) is 0.125. The smallest absolute Gasteiger partial charge is 0.253 e. The van der Waals surface area contributed by atoms with Gasteiger partial charge in [-0.1, -0.05) is 61.7 Å². The first-order chi connectivity index (χ1) is 24.9. The number of carbonyl (C=O) groups is 2. The fourth-order valence-electron chi connectivity index (χ4n) is 7.52. The first-order valence-electron chi connectivity index (χ1n) is 18.7. The molecule has 2 amide bonds. The first kappa shape index (κ1) is 36.4. The lowest BCUT2D eigenvalue weighted by Crippen LogP contribution is -2.38. The second-order valence-electron chi connectivity index (χ2n) is 14.1. The van der Waals surface area contributed by atoms with Gasteiger partial charge in [0, 0.05) is 55.8 Å². The number of aromatic nitrogens is 1.